The monoisotopic (exact) mass is 481 g/mol. The zero-order valence-electron chi connectivity index (χ0n) is 19.9. The van der Waals surface area contributed by atoms with E-state index in [0.29, 0.717) is 0 Å². The van der Waals surface area contributed by atoms with Crippen LogP contribution in [0.25, 0.3) is 0 Å². The molecule has 1 fully saturated rings. The van der Waals surface area contributed by atoms with Gasteiger partial charge in [0, 0.05) is 23.4 Å². The Kier molecular flexibility index (Phi) is 8.43. The van der Waals surface area contributed by atoms with Gasteiger partial charge in [0.1, 0.15) is 23.2 Å². The van der Waals surface area contributed by atoms with Gasteiger partial charge in [0.15, 0.2) is 0 Å². The first kappa shape index (κ1) is 26.8. The lowest BCUT2D eigenvalue weighted by Crippen LogP contribution is -2.43. The molecule has 188 valence electrons. The van der Waals surface area contributed by atoms with Crippen molar-refractivity contribution in [3.05, 3.63) is 23.0 Å². The number of nitrogens with two attached hydrogens (primary N) is 1. The Balaban J connectivity index is 2.43. The van der Waals surface area contributed by atoms with E-state index < -0.39 is 41.3 Å². The lowest BCUT2D eigenvalue weighted by atomic mass is 9.90. The highest BCUT2D eigenvalue weighted by Crippen LogP contribution is 2.38. The lowest BCUT2D eigenvalue weighted by Gasteiger charge is -2.26. The number of ether oxygens (including phenoxy) is 2. The highest BCUT2D eigenvalue weighted by atomic mass is 19.1. The van der Waals surface area contributed by atoms with Crippen molar-refractivity contribution < 1.29 is 33.4 Å². The van der Waals surface area contributed by atoms with E-state index in [1.165, 1.54) is 7.11 Å². The number of hydrazine groups is 1. The number of methoxy groups -OCH3 is 1. The van der Waals surface area contributed by atoms with Crippen LogP contribution in [-0.4, -0.2) is 53.6 Å². The highest BCUT2D eigenvalue weighted by Gasteiger charge is 2.33. The van der Waals surface area contributed by atoms with Crippen LogP contribution in [0.15, 0.2) is 6.07 Å². The summed E-state index contributed by atoms with van der Waals surface area (Å²) in [6, 6.07) is -0.00940. The van der Waals surface area contributed by atoms with E-state index in [-0.39, 0.29) is 40.7 Å². The van der Waals surface area contributed by atoms with Gasteiger partial charge in [-0.2, -0.15) is 0 Å². The van der Waals surface area contributed by atoms with E-state index in [2.05, 4.69) is 5.32 Å². The van der Waals surface area contributed by atoms with Crippen molar-refractivity contribution in [2.24, 2.45) is 11.7 Å². The summed E-state index contributed by atoms with van der Waals surface area (Å²) in [6.45, 7) is 6.70. The average Bonchev–Trinajstić information content (AvgIpc) is 3.54. The number of halogens is 1. The molecule has 2 rings (SSSR count). The molecule has 1 aromatic rings. The fourth-order valence-electron chi connectivity index (χ4n) is 3.21. The number of hydrogen-bond acceptors (Lipinski definition) is 8. The van der Waals surface area contributed by atoms with E-state index >= 15 is 4.39 Å². The third-order valence-electron chi connectivity index (χ3n) is 5.02. The number of nitrogens with one attached hydrogen (secondary N) is 4. The predicted octanol–water partition coefficient (Wildman–Crippen LogP) is 2.38. The predicted molar refractivity (Wildman–Crippen MR) is 123 cm³/mol. The minimum Gasteiger partial charge on any atom is -0.494 e. The van der Waals surface area contributed by atoms with Gasteiger partial charge in [0.05, 0.1) is 18.4 Å². The second-order valence-electron chi connectivity index (χ2n) is 9.21. The Bertz CT molecular complexity index is 974. The summed E-state index contributed by atoms with van der Waals surface area (Å²) in [6.07, 6.45) is -0.0337. The molecule has 0 radical (unpaired) electrons. The topological polar surface area (TPSA) is 176 Å². The summed E-state index contributed by atoms with van der Waals surface area (Å²) < 4.78 is 25.7. The maximum atomic E-state index is 15.2. The van der Waals surface area contributed by atoms with E-state index in [9.17, 15) is 14.4 Å². The van der Waals surface area contributed by atoms with Gasteiger partial charge in [-0.3, -0.25) is 15.0 Å². The lowest BCUT2D eigenvalue weighted by molar-refractivity contribution is -0.157. The number of carboxylic acid groups (broad SMARTS) is 1. The van der Waals surface area contributed by atoms with Crippen LogP contribution in [0, 0.1) is 17.1 Å². The van der Waals surface area contributed by atoms with Crippen LogP contribution in [0.3, 0.4) is 0 Å². The van der Waals surface area contributed by atoms with Crippen LogP contribution in [0.4, 0.5) is 14.9 Å². The summed E-state index contributed by atoms with van der Waals surface area (Å²) in [5, 5.41) is 20.5. The zero-order valence-corrected chi connectivity index (χ0v) is 19.9. The van der Waals surface area contributed by atoms with Crippen molar-refractivity contribution >= 4 is 29.4 Å². The summed E-state index contributed by atoms with van der Waals surface area (Å²) in [4.78, 5) is 36.1. The molecule has 7 N–H and O–H groups in total. The maximum absolute atomic E-state index is 15.2. The first-order chi connectivity index (χ1) is 15.7. The van der Waals surface area contributed by atoms with E-state index in [0.717, 1.165) is 18.9 Å². The number of anilines is 1. The van der Waals surface area contributed by atoms with Crippen LogP contribution in [0.1, 0.15) is 62.9 Å². The molecule has 12 heteroatoms. The summed E-state index contributed by atoms with van der Waals surface area (Å²) in [5.41, 5.74) is 8.17. The molecule has 1 aliphatic carbocycles. The average molecular weight is 482 g/mol. The summed E-state index contributed by atoms with van der Waals surface area (Å²) in [7, 11) is 1.30. The number of rotatable bonds is 9. The molecule has 0 heterocycles. The molecule has 11 nitrogen and oxygen atoms in total. The van der Waals surface area contributed by atoms with Crippen LogP contribution < -0.4 is 26.6 Å². The second kappa shape index (κ2) is 10.7. The number of carbonyl (C=O) groups is 3. The summed E-state index contributed by atoms with van der Waals surface area (Å²) >= 11 is 0. The molecule has 2 amide bonds. The van der Waals surface area contributed by atoms with Crippen molar-refractivity contribution in [3.63, 3.8) is 0 Å². The van der Waals surface area contributed by atoms with Gasteiger partial charge in [-0.25, -0.2) is 14.6 Å². The molecule has 0 spiro atoms. The number of hydrogen-bond donors (Lipinski definition) is 6. The largest absolute Gasteiger partial charge is 0.494 e. The molecular weight excluding hydrogens is 449 g/mol. The van der Waals surface area contributed by atoms with Crippen molar-refractivity contribution in [1.29, 1.82) is 5.41 Å². The third-order valence-corrected chi connectivity index (χ3v) is 5.02. The van der Waals surface area contributed by atoms with Gasteiger partial charge in [-0.05, 0) is 46.0 Å². The van der Waals surface area contributed by atoms with E-state index in [1.54, 1.807) is 33.1 Å². The van der Waals surface area contributed by atoms with Gasteiger partial charge in [-0.1, -0.05) is 6.92 Å². The van der Waals surface area contributed by atoms with Crippen molar-refractivity contribution in [1.82, 2.24) is 10.9 Å². The minimum absolute atomic E-state index is 0.0277. The molecule has 1 saturated carbocycles. The molecule has 2 atom stereocenters. The number of carbonyl (C=O) groups excluding carboxylic acids is 2. The molecule has 34 heavy (non-hydrogen) atoms. The Morgan fingerprint density at radius 1 is 1.26 bits per heavy atom. The number of esters is 1. The van der Waals surface area contributed by atoms with Gasteiger partial charge in [0.2, 0.25) is 0 Å². The van der Waals surface area contributed by atoms with Gasteiger partial charge >= 0.3 is 12.1 Å². The quantitative estimate of drug-likeness (QED) is 0.177. The molecular formula is C22H32FN5O6. The standard InChI is InChI=1S/C22H32FN5O6/c1-10(17(25)20(30)34-22(2,3)4)8-13(24)15-12(23)9-14(33-5)18(26-11-6-7-11)16(15)19(29)27-28-21(31)32/h9-11,17,24,26,28H,6-8,25H2,1-5H3,(H,27,29)(H,31,32). The molecule has 1 aromatic carbocycles. The number of benzene rings is 1. The van der Waals surface area contributed by atoms with Crippen molar-refractivity contribution in [2.75, 3.05) is 12.4 Å². The molecule has 0 aromatic heterocycles. The molecule has 0 bridgehead atoms. The van der Waals surface area contributed by atoms with Crippen molar-refractivity contribution in [3.8, 4) is 5.75 Å². The fraction of sp³-hybridized carbons (Fsp3) is 0.545. The van der Waals surface area contributed by atoms with Gasteiger partial charge < -0.3 is 31.0 Å². The molecule has 2 unspecified atom stereocenters. The minimum atomic E-state index is -1.53. The smallest absolute Gasteiger partial charge is 0.423 e. The van der Waals surface area contributed by atoms with Crippen LogP contribution in [-0.2, 0) is 9.53 Å². The van der Waals surface area contributed by atoms with Crippen LogP contribution >= 0.6 is 0 Å². The van der Waals surface area contributed by atoms with Gasteiger partial charge in [0.25, 0.3) is 5.91 Å². The first-order valence-corrected chi connectivity index (χ1v) is 10.8. The Labute approximate surface area is 197 Å². The number of amides is 2. The molecule has 0 aliphatic heterocycles. The highest BCUT2D eigenvalue weighted by molar-refractivity contribution is 6.13. The zero-order chi connectivity index (χ0) is 25.8. The van der Waals surface area contributed by atoms with E-state index in [4.69, 9.17) is 25.7 Å². The van der Waals surface area contributed by atoms with Crippen molar-refractivity contribution in [2.45, 2.75) is 64.6 Å². The van der Waals surface area contributed by atoms with E-state index in [1.807, 2.05) is 5.43 Å². The molecule has 1 aliphatic rings. The Morgan fingerprint density at radius 2 is 1.88 bits per heavy atom. The van der Waals surface area contributed by atoms with Crippen LogP contribution in [0.2, 0.25) is 0 Å². The van der Waals surface area contributed by atoms with Crippen LogP contribution in [0.5, 0.6) is 5.75 Å². The van der Waals surface area contributed by atoms with Gasteiger partial charge in [-0.15, -0.1) is 0 Å². The summed E-state index contributed by atoms with van der Waals surface area (Å²) in [5.74, 6) is -3.16. The third kappa shape index (κ3) is 7.04. The maximum Gasteiger partial charge on any atom is 0.423 e. The molecule has 0 saturated heterocycles. The Hall–Kier alpha value is -3.41. The fourth-order valence-corrected chi connectivity index (χ4v) is 3.21. The first-order valence-electron chi connectivity index (χ1n) is 10.8. The second-order valence-corrected chi connectivity index (χ2v) is 9.21. The normalized spacial score (nSPS) is 15.0. The Morgan fingerprint density at radius 3 is 2.38 bits per heavy atom. The SMILES string of the molecule is COc1cc(F)c(C(=N)CC(C)C(N)C(=O)OC(C)(C)C)c(C(=O)NNC(=O)O)c1NC1CC1.